The molecule has 0 radical (unpaired) electrons. The molecule has 1 rings (SSSR count). The van der Waals surface area contributed by atoms with Crippen LogP contribution in [0, 0.1) is 5.82 Å². The molecular weight excluding hydrogens is 294 g/mol. The predicted molar refractivity (Wildman–Crippen MR) is 79.7 cm³/mol. The van der Waals surface area contributed by atoms with Crippen molar-refractivity contribution in [1.82, 2.24) is 5.12 Å². The first-order valence-corrected chi connectivity index (χ1v) is 6.90. The normalized spacial score (nSPS) is 11.2. The summed E-state index contributed by atoms with van der Waals surface area (Å²) in [6.45, 7) is 5.45. The molecule has 0 heterocycles. The molecule has 0 bridgehead atoms. The number of ether oxygens (including phenoxy) is 2. The number of amides is 1. The van der Waals surface area contributed by atoms with Gasteiger partial charge in [-0.1, -0.05) is 10.5 Å². The van der Waals surface area contributed by atoms with Crippen LogP contribution >= 0.6 is 0 Å². The van der Waals surface area contributed by atoms with Crippen LogP contribution in [0.2, 0.25) is 0 Å². The molecule has 124 valence electrons. The number of nitrogens with zero attached hydrogens (tertiary/aromatic N) is 1. The Hall–Kier alpha value is -1.89. The summed E-state index contributed by atoms with van der Waals surface area (Å²) in [6, 6.07) is 4.07. The highest BCUT2D eigenvalue weighted by Crippen LogP contribution is 2.18. The second-order valence-electron chi connectivity index (χ2n) is 5.73. The number of hydrogen-bond donors (Lipinski definition) is 1. The molecule has 5 nitrogen and oxygen atoms in total. The number of halogens is 2. The third-order valence-electron chi connectivity index (χ3n) is 2.57. The Morgan fingerprint density at radius 1 is 1.36 bits per heavy atom. The van der Waals surface area contributed by atoms with Gasteiger partial charge in [0.2, 0.25) is 0 Å². The third kappa shape index (κ3) is 6.26. The minimum absolute atomic E-state index is 0.0442. The highest BCUT2D eigenvalue weighted by molar-refractivity contribution is 5.66. The van der Waals surface area contributed by atoms with Gasteiger partial charge in [0.05, 0.1) is 18.8 Å². The van der Waals surface area contributed by atoms with Gasteiger partial charge >= 0.3 is 6.09 Å². The van der Waals surface area contributed by atoms with Gasteiger partial charge in [-0.3, -0.25) is 0 Å². The number of carbonyl (C=O) groups is 1. The van der Waals surface area contributed by atoms with Crippen molar-refractivity contribution >= 4 is 11.8 Å². The zero-order chi connectivity index (χ0) is 16.8. The Kier molecular flexibility index (Phi) is 6.55. The summed E-state index contributed by atoms with van der Waals surface area (Å²) < 4.78 is 37.2. The summed E-state index contributed by atoms with van der Waals surface area (Å²) >= 11 is 0. The van der Waals surface area contributed by atoms with E-state index in [1.165, 1.54) is 25.3 Å². The standard InChI is InChI=1S/C15H22F2N2O3/c1-15(2,3)22-14(20)19(17)10-11-5-6-12(16)13(9-11)18-7-8-21-4/h5-6,9,18H,7-8,10H2,1-4H3. The van der Waals surface area contributed by atoms with Crippen LogP contribution in [-0.2, 0) is 16.0 Å². The Labute approximate surface area is 129 Å². The van der Waals surface area contributed by atoms with Crippen LogP contribution in [0.1, 0.15) is 26.3 Å². The molecule has 0 aliphatic carbocycles. The van der Waals surface area contributed by atoms with E-state index in [0.29, 0.717) is 18.7 Å². The molecule has 1 aromatic carbocycles. The van der Waals surface area contributed by atoms with E-state index in [0.717, 1.165) is 0 Å². The third-order valence-corrected chi connectivity index (χ3v) is 2.57. The second-order valence-corrected chi connectivity index (χ2v) is 5.73. The van der Waals surface area contributed by atoms with Gasteiger partial charge in [-0.15, -0.1) is 5.12 Å². The molecule has 1 aromatic rings. The number of methoxy groups -OCH3 is 1. The first kappa shape index (κ1) is 18.2. The molecule has 0 aliphatic heterocycles. The van der Waals surface area contributed by atoms with E-state index in [1.54, 1.807) is 20.8 Å². The molecule has 0 saturated carbocycles. The predicted octanol–water partition coefficient (Wildman–Crippen LogP) is 3.51. The van der Waals surface area contributed by atoms with Gasteiger partial charge in [0.25, 0.3) is 0 Å². The number of rotatable bonds is 6. The van der Waals surface area contributed by atoms with E-state index in [1.807, 2.05) is 0 Å². The van der Waals surface area contributed by atoms with Gasteiger partial charge in [0.1, 0.15) is 11.4 Å². The molecule has 1 N–H and O–H groups in total. The molecule has 0 aromatic heterocycles. The SMILES string of the molecule is COCCNc1cc(CN(F)C(=O)OC(C)(C)C)ccc1F. The fourth-order valence-corrected chi connectivity index (χ4v) is 1.63. The van der Waals surface area contributed by atoms with Crippen LogP contribution in [0.3, 0.4) is 0 Å². The molecule has 1 amide bonds. The van der Waals surface area contributed by atoms with Gasteiger partial charge in [-0.05, 0) is 38.5 Å². The maximum Gasteiger partial charge on any atom is 0.438 e. The first-order valence-electron chi connectivity index (χ1n) is 6.90. The monoisotopic (exact) mass is 316 g/mol. The quantitative estimate of drug-likeness (QED) is 0.644. The van der Waals surface area contributed by atoms with Crippen molar-refractivity contribution in [3.8, 4) is 0 Å². The Morgan fingerprint density at radius 2 is 2.05 bits per heavy atom. The Bertz CT molecular complexity index is 504. The van der Waals surface area contributed by atoms with E-state index in [4.69, 9.17) is 9.47 Å². The molecule has 22 heavy (non-hydrogen) atoms. The van der Waals surface area contributed by atoms with Crippen LogP contribution in [0.15, 0.2) is 18.2 Å². The summed E-state index contributed by atoms with van der Waals surface area (Å²) in [5.74, 6) is -0.456. The van der Waals surface area contributed by atoms with Gasteiger partial charge in [-0.25, -0.2) is 9.18 Å². The van der Waals surface area contributed by atoms with E-state index in [9.17, 15) is 13.7 Å². The summed E-state index contributed by atoms with van der Waals surface area (Å²) in [6.07, 6.45) is -1.08. The first-order chi connectivity index (χ1) is 10.2. The lowest BCUT2D eigenvalue weighted by Crippen LogP contribution is -2.31. The lowest BCUT2D eigenvalue weighted by atomic mass is 10.2. The largest absolute Gasteiger partial charge is 0.442 e. The summed E-state index contributed by atoms with van der Waals surface area (Å²) in [5, 5.41) is 2.79. The van der Waals surface area contributed by atoms with Crippen molar-refractivity contribution in [3.63, 3.8) is 0 Å². The van der Waals surface area contributed by atoms with Gasteiger partial charge in [0, 0.05) is 13.7 Å². The zero-order valence-electron chi connectivity index (χ0n) is 13.3. The summed E-state index contributed by atoms with van der Waals surface area (Å²) in [4.78, 5) is 11.5. The van der Waals surface area contributed by atoms with Gasteiger partial charge in [-0.2, -0.15) is 0 Å². The highest BCUT2D eigenvalue weighted by Gasteiger charge is 2.22. The van der Waals surface area contributed by atoms with Crippen LogP contribution in [0.4, 0.5) is 19.4 Å². The number of anilines is 1. The molecule has 0 aliphatic rings. The summed E-state index contributed by atoms with van der Waals surface area (Å²) in [7, 11) is 1.54. The minimum Gasteiger partial charge on any atom is -0.442 e. The van der Waals surface area contributed by atoms with Crippen molar-refractivity contribution < 1.29 is 23.1 Å². The fraction of sp³-hybridized carbons (Fsp3) is 0.533. The van der Waals surface area contributed by atoms with Crippen LogP contribution in [0.25, 0.3) is 0 Å². The maximum atomic E-state index is 13.8. The number of nitrogens with one attached hydrogen (secondary N) is 1. The van der Waals surface area contributed by atoms with Crippen molar-refractivity contribution in [2.45, 2.75) is 32.9 Å². The molecule has 0 fully saturated rings. The lowest BCUT2D eigenvalue weighted by Gasteiger charge is -2.22. The molecule has 0 spiro atoms. The number of hydrogen-bond acceptors (Lipinski definition) is 4. The molecule has 0 saturated heterocycles. The lowest BCUT2D eigenvalue weighted by molar-refractivity contribution is -0.0350. The van der Waals surface area contributed by atoms with E-state index in [-0.39, 0.29) is 17.4 Å². The molecule has 0 atom stereocenters. The van der Waals surface area contributed by atoms with Crippen LogP contribution in [-0.4, -0.2) is 37.1 Å². The Morgan fingerprint density at radius 3 is 2.64 bits per heavy atom. The van der Waals surface area contributed by atoms with Crippen LogP contribution in [0.5, 0.6) is 0 Å². The van der Waals surface area contributed by atoms with Crippen molar-refractivity contribution in [2.75, 3.05) is 25.6 Å². The number of carbonyl (C=O) groups excluding carboxylic acids is 1. The van der Waals surface area contributed by atoms with E-state index >= 15 is 0 Å². The van der Waals surface area contributed by atoms with E-state index < -0.39 is 17.5 Å². The topological polar surface area (TPSA) is 50.8 Å². The zero-order valence-corrected chi connectivity index (χ0v) is 13.3. The van der Waals surface area contributed by atoms with Crippen LogP contribution < -0.4 is 5.32 Å². The van der Waals surface area contributed by atoms with Crippen molar-refractivity contribution in [2.24, 2.45) is 0 Å². The van der Waals surface area contributed by atoms with Gasteiger partial charge < -0.3 is 14.8 Å². The van der Waals surface area contributed by atoms with Crippen molar-refractivity contribution in [1.29, 1.82) is 0 Å². The fourth-order valence-electron chi connectivity index (χ4n) is 1.63. The summed E-state index contributed by atoms with van der Waals surface area (Å²) in [5.41, 5.74) is -0.112. The Balaban J connectivity index is 2.68. The second kappa shape index (κ2) is 7.93. The maximum absolute atomic E-state index is 13.8. The molecule has 7 heteroatoms. The number of benzene rings is 1. The van der Waals surface area contributed by atoms with Crippen molar-refractivity contribution in [3.05, 3.63) is 29.6 Å². The smallest absolute Gasteiger partial charge is 0.438 e. The highest BCUT2D eigenvalue weighted by atomic mass is 19.2. The average molecular weight is 316 g/mol. The molecule has 0 unspecified atom stereocenters. The average Bonchev–Trinajstić information content (AvgIpc) is 2.40. The van der Waals surface area contributed by atoms with Gasteiger partial charge in [0.15, 0.2) is 0 Å². The van der Waals surface area contributed by atoms with E-state index in [2.05, 4.69) is 5.32 Å². The molecular formula is C15H22F2N2O3. The minimum atomic E-state index is -1.08.